The summed E-state index contributed by atoms with van der Waals surface area (Å²) in [7, 11) is 0. The maximum Gasteiger partial charge on any atom is 0.217 e. The lowest BCUT2D eigenvalue weighted by molar-refractivity contribution is 0.150. The van der Waals surface area contributed by atoms with Gasteiger partial charge in [-0.2, -0.15) is 0 Å². The Morgan fingerprint density at radius 2 is 1.39 bits per heavy atom. The van der Waals surface area contributed by atoms with Crippen molar-refractivity contribution in [2.75, 3.05) is 4.90 Å². The summed E-state index contributed by atoms with van der Waals surface area (Å²) in [6.45, 7) is 22.4. The van der Waals surface area contributed by atoms with Gasteiger partial charge in [-0.15, -0.1) is 0 Å². The van der Waals surface area contributed by atoms with E-state index in [9.17, 15) is 0 Å². The molecule has 0 amide bonds. The van der Waals surface area contributed by atoms with Crippen LogP contribution in [0.1, 0.15) is 128 Å². The average Bonchev–Trinajstić information content (AvgIpc) is 3.68. The van der Waals surface area contributed by atoms with E-state index in [1.807, 2.05) is 6.20 Å². The number of nitrogens with zero attached hydrogens (tertiary/aromatic N) is 3. The van der Waals surface area contributed by atoms with Gasteiger partial charge in [-0.05, 0) is 151 Å². The van der Waals surface area contributed by atoms with Gasteiger partial charge in [-0.25, -0.2) is 9.98 Å². The topological polar surface area (TPSA) is 47.0 Å². The van der Waals surface area contributed by atoms with Gasteiger partial charge in [0.05, 0.1) is 17.4 Å². The first-order valence-corrected chi connectivity index (χ1v) is 22.4. The first-order valence-electron chi connectivity index (χ1n) is 22.4. The second-order valence-corrected chi connectivity index (χ2v) is 19.7. The van der Waals surface area contributed by atoms with E-state index in [0.29, 0.717) is 11.8 Å². The number of pyridine rings is 1. The summed E-state index contributed by atoms with van der Waals surface area (Å²) >= 11 is 0. The Morgan fingerprint density at radius 3 is 2.11 bits per heavy atom. The van der Waals surface area contributed by atoms with E-state index in [-0.39, 0.29) is 23.0 Å². The lowest BCUT2D eigenvalue weighted by Crippen LogP contribution is -2.31. The summed E-state index contributed by atoms with van der Waals surface area (Å²) in [5.41, 5.74) is 16.2. The summed E-state index contributed by atoms with van der Waals surface area (Å²) < 4.78 is 14.2. The number of hydrogen-bond donors (Lipinski definition) is 0. The van der Waals surface area contributed by atoms with Crippen molar-refractivity contribution in [3.05, 3.63) is 165 Å². The largest absolute Gasteiger partial charge is 0.467 e. The van der Waals surface area contributed by atoms with Crippen LogP contribution < -0.4 is 9.64 Å². The third-order valence-corrected chi connectivity index (χ3v) is 13.5. The van der Waals surface area contributed by atoms with Gasteiger partial charge >= 0.3 is 0 Å². The summed E-state index contributed by atoms with van der Waals surface area (Å²) in [6.07, 6.45) is 8.02. The number of benzene rings is 5. The molecule has 9 rings (SSSR count). The highest BCUT2D eigenvalue weighted by Crippen LogP contribution is 2.54. The SMILES string of the molecule is Cc1cc(C)c(-c2cc(Oc3cc4c(cc3C)C(C)(C)c3cc(C)ccc3N4c3cc(C(C)(C)C)ccn3)cc(C3=N[C@H](C4CCCCC4)[C@@H](c4ccccc4)O3)c2)c(C)c1. The molecule has 0 unspecified atom stereocenters. The van der Waals surface area contributed by atoms with Crippen molar-refractivity contribution in [1.82, 2.24) is 4.98 Å². The van der Waals surface area contributed by atoms with Gasteiger partial charge in [0, 0.05) is 23.2 Å². The Morgan fingerprint density at radius 1 is 0.689 bits per heavy atom. The molecule has 5 aromatic carbocycles. The highest BCUT2D eigenvalue weighted by atomic mass is 16.5. The van der Waals surface area contributed by atoms with Crippen molar-refractivity contribution >= 4 is 23.1 Å². The van der Waals surface area contributed by atoms with Crippen LogP contribution in [0.3, 0.4) is 0 Å². The van der Waals surface area contributed by atoms with Crippen LogP contribution in [0.25, 0.3) is 11.1 Å². The molecule has 5 heteroatoms. The van der Waals surface area contributed by atoms with Crippen LogP contribution in [0.2, 0.25) is 0 Å². The number of rotatable bonds is 7. The zero-order valence-corrected chi connectivity index (χ0v) is 37.8. The molecule has 5 nitrogen and oxygen atoms in total. The Labute approximate surface area is 363 Å². The fourth-order valence-corrected chi connectivity index (χ4v) is 10.3. The van der Waals surface area contributed by atoms with Crippen molar-refractivity contribution in [2.24, 2.45) is 10.9 Å². The van der Waals surface area contributed by atoms with Crippen LogP contribution in [0.4, 0.5) is 17.2 Å². The van der Waals surface area contributed by atoms with Crippen LogP contribution in [0.5, 0.6) is 11.5 Å². The number of anilines is 3. The Kier molecular flexibility index (Phi) is 10.4. The minimum absolute atomic E-state index is 0.0328. The van der Waals surface area contributed by atoms with Crippen molar-refractivity contribution in [1.29, 1.82) is 0 Å². The lowest BCUT2D eigenvalue weighted by atomic mass is 9.72. The second-order valence-electron chi connectivity index (χ2n) is 19.7. The maximum atomic E-state index is 7.18. The molecule has 0 N–H and O–H groups in total. The molecular formula is C56H61N3O2. The Hall–Kier alpha value is -5.68. The minimum atomic E-state index is -0.256. The third kappa shape index (κ3) is 7.66. The number of aryl methyl sites for hydroxylation is 5. The fourth-order valence-electron chi connectivity index (χ4n) is 10.3. The van der Waals surface area contributed by atoms with Gasteiger partial charge in [-0.1, -0.05) is 120 Å². The average molecular weight is 808 g/mol. The molecule has 6 aromatic rings. The molecule has 1 saturated carbocycles. The highest BCUT2D eigenvalue weighted by Gasteiger charge is 2.40. The van der Waals surface area contributed by atoms with E-state index in [1.165, 1.54) is 82.2 Å². The molecule has 3 heterocycles. The number of aromatic nitrogens is 1. The number of aliphatic imine (C=N–C) groups is 1. The zero-order valence-electron chi connectivity index (χ0n) is 37.8. The molecule has 0 spiro atoms. The van der Waals surface area contributed by atoms with Crippen molar-refractivity contribution in [2.45, 2.75) is 124 Å². The van der Waals surface area contributed by atoms with Crippen LogP contribution in [-0.4, -0.2) is 16.9 Å². The molecule has 0 saturated heterocycles. The quantitative estimate of drug-likeness (QED) is 0.161. The second kappa shape index (κ2) is 15.7. The molecule has 3 aliphatic rings. The molecule has 1 aromatic heterocycles. The standard InChI is InChI=1S/C56H61N3O2/c1-34-21-22-47-45(27-34)56(9,10)46-28-36(3)49(33-48(46)59(47)50-32-43(23-24-57-50)55(6,7)8)60-44-30-41(51-37(4)25-35(2)26-38(51)5)29-42(31-44)54-58-52(39-17-13-11-14-18-39)53(61-54)40-19-15-12-16-20-40/h12,15-16,19-33,39,52-53H,11,13-14,17-18H2,1-10H3/t52-,53-/m1/s1. The molecule has 2 aliphatic heterocycles. The van der Waals surface area contributed by atoms with E-state index < -0.39 is 0 Å². The third-order valence-electron chi connectivity index (χ3n) is 13.5. The maximum absolute atomic E-state index is 7.18. The molecule has 2 atom stereocenters. The molecular weight excluding hydrogens is 747 g/mol. The first-order chi connectivity index (χ1) is 29.2. The zero-order chi connectivity index (χ0) is 42.8. The van der Waals surface area contributed by atoms with Crippen LogP contribution in [0.15, 0.2) is 114 Å². The van der Waals surface area contributed by atoms with Crippen molar-refractivity contribution in [3.8, 4) is 22.6 Å². The smallest absolute Gasteiger partial charge is 0.217 e. The minimum Gasteiger partial charge on any atom is -0.467 e. The van der Waals surface area contributed by atoms with E-state index >= 15 is 0 Å². The van der Waals surface area contributed by atoms with Gasteiger partial charge < -0.3 is 9.47 Å². The van der Waals surface area contributed by atoms with Gasteiger partial charge in [0.2, 0.25) is 5.90 Å². The van der Waals surface area contributed by atoms with E-state index in [2.05, 4.69) is 177 Å². The van der Waals surface area contributed by atoms with Gasteiger partial charge in [0.1, 0.15) is 23.4 Å². The van der Waals surface area contributed by atoms with Crippen molar-refractivity contribution < 1.29 is 9.47 Å². The molecule has 0 radical (unpaired) electrons. The predicted octanol–water partition coefficient (Wildman–Crippen LogP) is 15.0. The normalized spacial score (nSPS) is 18.6. The molecule has 61 heavy (non-hydrogen) atoms. The van der Waals surface area contributed by atoms with E-state index in [1.54, 1.807) is 0 Å². The Balaban J connectivity index is 1.19. The summed E-state index contributed by atoms with van der Waals surface area (Å²) in [5, 5.41) is 0. The van der Waals surface area contributed by atoms with Crippen LogP contribution in [-0.2, 0) is 15.6 Å². The first kappa shape index (κ1) is 40.7. The predicted molar refractivity (Wildman–Crippen MR) is 253 cm³/mol. The van der Waals surface area contributed by atoms with Crippen molar-refractivity contribution in [3.63, 3.8) is 0 Å². The van der Waals surface area contributed by atoms with Gasteiger partial charge in [0.25, 0.3) is 0 Å². The number of ether oxygens (including phenoxy) is 2. The number of hydrogen-bond acceptors (Lipinski definition) is 5. The molecule has 1 aliphatic carbocycles. The highest BCUT2D eigenvalue weighted by molar-refractivity contribution is 5.97. The lowest BCUT2D eigenvalue weighted by Gasteiger charge is -2.42. The molecule has 312 valence electrons. The number of fused-ring (bicyclic) bond motifs is 2. The van der Waals surface area contributed by atoms with Crippen LogP contribution in [0, 0.1) is 40.5 Å². The summed E-state index contributed by atoms with van der Waals surface area (Å²) in [4.78, 5) is 12.9. The molecule has 1 fully saturated rings. The fraction of sp³-hybridized carbons (Fsp3) is 0.357. The van der Waals surface area contributed by atoms with Gasteiger partial charge in [-0.3, -0.25) is 4.90 Å². The van der Waals surface area contributed by atoms with E-state index in [4.69, 9.17) is 19.5 Å². The summed E-state index contributed by atoms with van der Waals surface area (Å²) in [6, 6.07) is 37.7. The monoisotopic (exact) mass is 807 g/mol. The molecule has 0 bridgehead atoms. The van der Waals surface area contributed by atoms with Crippen LogP contribution >= 0.6 is 0 Å². The van der Waals surface area contributed by atoms with E-state index in [0.717, 1.165) is 45.4 Å². The Bertz CT molecular complexity index is 2640. The van der Waals surface area contributed by atoms with Gasteiger partial charge in [0.15, 0.2) is 0 Å². The summed E-state index contributed by atoms with van der Waals surface area (Å²) in [5.74, 6) is 3.65.